The molecule has 0 aliphatic carbocycles. The molecule has 0 fully saturated rings. The molecule has 28 heavy (non-hydrogen) atoms. The van der Waals surface area contributed by atoms with Gasteiger partial charge in [-0.3, -0.25) is 0 Å². The van der Waals surface area contributed by atoms with Gasteiger partial charge in [0.1, 0.15) is 22.2 Å². The zero-order chi connectivity index (χ0) is 19.7. The molecule has 0 N–H and O–H groups in total. The fourth-order valence-electron chi connectivity index (χ4n) is 2.91. The van der Waals surface area contributed by atoms with Crippen molar-refractivity contribution < 1.29 is 14.3 Å². The monoisotopic (exact) mass is 409 g/mol. The minimum atomic E-state index is -0.688. The molecule has 0 radical (unpaired) electrons. The Morgan fingerprint density at radius 1 is 0.821 bits per heavy atom. The fourth-order valence-corrected chi connectivity index (χ4v) is 6.65. The van der Waals surface area contributed by atoms with E-state index >= 15 is 0 Å². The third kappa shape index (κ3) is 4.05. The van der Waals surface area contributed by atoms with Crippen molar-refractivity contribution in [2.24, 2.45) is 0 Å². The largest absolute Gasteiger partial charge is 0.514 e. The van der Waals surface area contributed by atoms with Gasteiger partial charge in [-0.15, -0.1) is 0 Å². The first-order chi connectivity index (χ1) is 13.4. The normalized spacial score (nSPS) is 13.4. The van der Waals surface area contributed by atoms with Gasteiger partial charge in [-0.25, -0.2) is 4.79 Å². The van der Waals surface area contributed by atoms with Crippen LogP contribution in [0.5, 0.6) is 5.75 Å². The summed E-state index contributed by atoms with van der Waals surface area (Å²) >= 11 is 1.82. The van der Waals surface area contributed by atoms with Crippen LogP contribution in [0.2, 0.25) is 0 Å². The van der Waals surface area contributed by atoms with E-state index < -0.39 is 11.8 Å². The van der Waals surface area contributed by atoms with E-state index in [1.807, 2.05) is 56.8 Å². The second-order valence-electron chi connectivity index (χ2n) is 7.34. The Kier molecular flexibility index (Phi) is 5.13. The molecule has 0 saturated carbocycles. The zero-order valence-electron chi connectivity index (χ0n) is 16.0. The first-order valence-corrected chi connectivity index (χ1v) is 11.1. The highest BCUT2D eigenvalue weighted by molar-refractivity contribution is 8.04. The summed E-state index contributed by atoms with van der Waals surface area (Å²) in [5.74, 6) is 0.481. The van der Waals surface area contributed by atoms with Gasteiger partial charge in [-0.2, -0.15) is 0 Å². The van der Waals surface area contributed by atoms with Crippen LogP contribution < -0.4 is 4.74 Å². The molecule has 0 atom stereocenters. The Balaban J connectivity index is 1.64. The van der Waals surface area contributed by atoms with Crippen molar-refractivity contribution in [3.05, 3.63) is 72.8 Å². The highest BCUT2D eigenvalue weighted by atomic mass is 32.2. The van der Waals surface area contributed by atoms with Crippen molar-refractivity contribution in [1.82, 2.24) is 0 Å². The highest BCUT2D eigenvalue weighted by Crippen LogP contribution is 2.48. The van der Waals surface area contributed by atoms with Gasteiger partial charge in [0.25, 0.3) is 0 Å². The van der Waals surface area contributed by atoms with Gasteiger partial charge in [0.05, 0.1) is 9.79 Å². The predicted molar refractivity (Wildman–Crippen MR) is 112 cm³/mol. The number of carbonyl (C=O) groups is 1. The Labute approximate surface area is 172 Å². The summed E-state index contributed by atoms with van der Waals surface area (Å²) < 4.78 is 10.5. The number of fused-ring (bicyclic) bond motifs is 2. The molecule has 0 bridgehead atoms. The van der Waals surface area contributed by atoms with Crippen LogP contribution in [0.25, 0.3) is 0 Å². The molecule has 0 unspecified atom stereocenters. The molecule has 1 aliphatic heterocycles. The Bertz CT molecular complexity index is 961. The molecule has 0 amide bonds. The minimum Gasteiger partial charge on any atom is -0.428 e. The van der Waals surface area contributed by atoms with E-state index in [-0.39, 0.29) is 10.9 Å². The number of rotatable bonds is 2. The SMILES string of the molecule is CC(C)(C)OC(=O)Oc1ccc([S+]2c3ccccc3Sc3ccccc32)cc1. The van der Waals surface area contributed by atoms with Crippen LogP contribution in [0, 0.1) is 0 Å². The van der Waals surface area contributed by atoms with Crippen molar-refractivity contribution >= 4 is 28.8 Å². The van der Waals surface area contributed by atoms with Crippen molar-refractivity contribution in [3.63, 3.8) is 0 Å². The van der Waals surface area contributed by atoms with Crippen LogP contribution in [-0.4, -0.2) is 11.8 Å². The molecule has 0 saturated heterocycles. The van der Waals surface area contributed by atoms with E-state index in [9.17, 15) is 4.79 Å². The predicted octanol–water partition coefficient (Wildman–Crippen LogP) is 6.56. The molecule has 0 aromatic heterocycles. The molecular formula is C23H21O3S2+. The van der Waals surface area contributed by atoms with Gasteiger partial charge < -0.3 is 9.47 Å². The summed E-state index contributed by atoms with van der Waals surface area (Å²) in [5.41, 5.74) is -0.578. The Morgan fingerprint density at radius 2 is 1.36 bits per heavy atom. The van der Waals surface area contributed by atoms with Gasteiger partial charge in [-0.1, -0.05) is 36.0 Å². The summed E-state index contributed by atoms with van der Waals surface area (Å²) in [6, 6.07) is 24.8. The van der Waals surface area contributed by atoms with Crippen molar-refractivity contribution in [2.45, 2.75) is 50.8 Å². The lowest BCUT2D eigenvalue weighted by atomic mass is 10.2. The number of carbonyl (C=O) groups excluding carboxylic acids is 1. The van der Waals surface area contributed by atoms with E-state index in [2.05, 4.69) is 48.5 Å². The first-order valence-electron chi connectivity index (χ1n) is 9.02. The lowest BCUT2D eigenvalue weighted by Gasteiger charge is -2.19. The average molecular weight is 410 g/mol. The van der Waals surface area contributed by atoms with E-state index in [4.69, 9.17) is 9.47 Å². The molecule has 3 nitrogen and oxygen atoms in total. The number of ether oxygens (including phenoxy) is 2. The minimum absolute atomic E-state index is 0.187. The second-order valence-corrected chi connectivity index (χ2v) is 10.4. The van der Waals surface area contributed by atoms with E-state index in [0.29, 0.717) is 5.75 Å². The summed E-state index contributed by atoms with van der Waals surface area (Å²) in [4.78, 5) is 18.3. The molecule has 142 valence electrons. The van der Waals surface area contributed by atoms with Crippen molar-refractivity contribution in [2.75, 3.05) is 0 Å². The van der Waals surface area contributed by atoms with Gasteiger partial charge in [0.2, 0.25) is 0 Å². The number of hydrogen-bond acceptors (Lipinski definition) is 4. The van der Waals surface area contributed by atoms with Gasteiger partial charge in [-0.05, 0) is 69.3 Å². The van der Waals surface area contributed by atoms with E-state index in [1.54, 1.807) is 0 Å². The van der Waals surface area contributed by atoms with Gasteiger partial charge >= 0.3 is 6.16 Å². The third-order valence-corrected chi connectivity index (χ3v) is 7.75. The number of hydrogen-bond donors (Lipinski definition) is 0. The van der Waals surface area contributed by atoms with Gasteiger partial charge in [0, 0.05) is 0 Å². The summed E-state index contributed by atoms with van der Waals surface area (Å²) in [7, 11) is -0.187. The van der Waals surface area contributed by atoms with E-state index in [1.165, 1.54) is 24.5 Å². The Morgan fingerprint density at radius 3 is 1.89 bits per heavy atom. The third-order valence-electron chi connectivity index (χ3n) is 4.01. The summed E-state index contributed by atoms with van der Waals surface area (Å²) in [6.07, 6.45) is -0.688. The molecule has 5 heteroatoms. The van der Waals surface area contributed by atoms with Crippen LogP contribution in [0.4, 0.5) is 4.79 Å². The smallest absolute Gasteiger partial charge is 0.428 e. The molecule has 1 aliphatic rings. The molecular weight excluding hydrogens is 388 g/mol. The summed E-state index contributed by atoms with van der Waals surface area (Å²) in [5, 5.41) is 0. The molecule has 3 aromatic rings. The van der Waals surface area contributed by atoms with Crippen LogP contribution in [0.3, 0.4) is 0 Å². The quantitative estimate of drug-likeness (QED) is 0.213. The molecule has 3 aromatic carbocycles. The molecule has 1 heterocycles. The zero-order valence-corrected chi connectivity index (χ0v) is 17.6. The van der Waals surface area contributed by atoms with E-state index in [0.717, 1.165) is 0 Å². The van der Waals surface area contributed by atoms with Crippen molar-refractivity contribution in [3.8, 4) is 5.75 Å². The summed E-state index contributed by atoms with van der Waals surface area (Å²) in [6.45, 7) is 5.44. The molecule has 0 spiro atoms. The maximum absolute atomic E-state index is 11.9. The van der Waals surface area contributed by atoms with Crippen molar-refractivity contribution in [1.29, 1.82) is 0 Å². The van der Waals surface area contributed by atoms with Crippen LogP contribution in [-0.2, 0) is 15.6 Å². The second kappa shape index (κ2) is 7.57. The lowest BCUT2D eigenvalue weighted by molar-refractivity contribution is 0.0206. The molecule has 4 rings (SSSR count). The van der Waals surface area contributed by atoms with Crippen LogP contribution in [0.15, 0.2) is 97.3 Å². The topological polar surface area (TPSA) is 35.5 Å². The lowest BCUT2D eigenvalue weighted by Crippen LogP contribution is -2.25. The number of benzene rings is 3. The maximum Gasteiger partial charge on any atom is 0.514 e. The standard InChI is InChI=1S/C23H21O3S2/c1-23(2,3)26-22(24)25-16-12-14-17(15-13-16)28-20-10-6-4-8-18(20)27-19-9-5-7-11-21(19)28/h4-15H,1-3H3/q+1. The average Bonchev–Trinajstić information content (AvgIpc) is 2.65. The van der Waals surface area contributed by atoms with Gasteiger partial charge in [0.15, 0.2) is 14.7 Å². The Hall–Kier alpha value is -2.37. The first kappa shape index (κ1) is 19.0. The fraction of sp³-hybridized carbons (Fsp3) is 0.174. The maximum atomic E-state index is 11.9. The van der Waals surface area contributed by atoms with Crippen LogP contribution in [0.1, 0.15) is 20.8 Å². The highest BCUT2D eigenvalue weighted by Gasteiger charge is 2.37. The van der Waals surface area contributed by atoms with Crippen LogP contribution >= 0.6 is 11.8 Å².